The Bertz CT molecular complexity index is 534. The van der Waals surface area contributed by atoms with Crippen LogP contribution in [0, 0.1) is 5.41 Å². The summed E-state index contributed by atoms with van der Waals surface area (Å²) >= 11 is 5.87. The normalized spacial score (nSPS) is 24.9. The molecule has 0 aromatic carbocycles. The Morgan fingerprint density at radius 3 is 2.89 bits per heavy atom. The third-order valence-corrected chi connectivity index (χ3v) is 4.59. The van der Waals surface area contributed by atoms with E-state index in [1.54, 1.807) is 12.3 Å². The Morgan fingerprint density at radius 1 is 1.44 bits per heavy atom. The maximum atomic E-state index is 12.3. The average Bonchev–Trinajstić information content (AvgIpc) is 2.52. The van der Waals surface area contributed by atoms with Gasteiger partial charge in [-0.3, -0.25) is 4.79 Å². The first-order chi connectivity index (χ1) is 8.67. The van der Waals surface area contributed by atoms with Crippen molar-refractivity contribution < 1.29 is 9.53 Å². The van der Waals surface area contributed by atoms with Crippen molar-refractivity contribution in [1.82, 2.24) is 9.88 Å². The number of pyridine rings is 1. The molecule has 4 nitrogen and oxygen atoms in total. The molecule has 1 saturated heterocycles. The molecule has 94 valence electrons. The molecular formula is C13H13ClN2O2. The van der Waals surface area contributed by atoms with E-state index in [1.807, 2.05) is 4.90 Å². The molecule has 0 atom stereocenters. The van der Waals surface area contributed by atoms with Crippen LogP contribution in [0.1, 0.15) is 28.8 Å². The van der Waals surface area contributed by atoms with Crippen LogP contribution in [-0.2, 0) is 11.3 Å². The molecule has 3 heterocycles. The maximum Gasteiger partial charge on any atom is 0.256 e. The van der Waals surface area contributed by atoms with Gasteiger partial charge in [0.25, 0.3) is 5.91 Å². The van der Waals surface area contributed by atoms with Crippen molar-refractivity contribution in [2.75, 3.05) is 13.2 Å². The van der Waals surface area contributed by atoms with Crippen molar-refractivity contribution in [3.8, 4) is 0 Å². The van der Waals surface area contributed by atoms with E-state index in [-0.39, 0.29) is 5.91 Å². The highest BCUT2D eigenvalue weighted by atomic mass is 35.5. The number of aromatic nitrogens is 1. The fraction of sp³-hybridized carbons (Fsp3) is 0.538. The fourth-order valence-corrected chi connectivity index (χ4v) is 3.46. The standard InChI is InChI=1S/C13H13ClN2O2/c14-11-1-8-5-16(12(17)10(8)4-15-11)9-2-13(3-9)6-18-7-13/h1,4,9H,2-3,5-7H2. The van der Waals surface area contributed by atoms with Crippen LogP contribution in [0.5, 0.6) is 0 Å². The molecule has 5 heteroatoms. The lowest BCUT2D eigenvalue weighted by Crippen LogP contribution is -2.59. The van der Waals surface area contributed by atoms with Crippen molar-refractivity contribution in [3.05, 3.63) is 28.5 Å². The SMILES string of the molecule is O=C1c2cnc(Cl)cc2CN1C1CC2(COC2)C1. The van der Waals surface area contributed by atoms with Gasteiger partial charge in [0.1, 0.15) is 5.15 Å². The van der Waals surface area contributed by atoms with Crippen LogP contribution in [0.15, 0.2) is 12.3 Å². The number of fused-ring (bicyclic) bond motifs is 1. The zero-order valence-corrected chi connectivity index (χ0v) is 10.6. The van der Waals surface area contributed by atoms with E-state index in [0.29, 0.717) is 28.7 Å². The molecule has 1 saturated carbocycles. The summed E-state index contributed by atoms with van der Waals surface area (Å²) in [5.74, 6) is 0.106. The van der Waals surface area contributed by atoms with Crippen molar-refractivity contribution >= 4 is 17.5 Å². The fourth-order valence-electron chi connectivity index (χ4n) is 3.28. The summed E-state index contributed by atoms with van der Waals surface area (Å²) in [7, 11) is 0. The van der Waals surface area contributed by atoms with Crippen molar-refractivity contribution in [2.24, 2.45) is 5.41 Å². The molecule has 2 fully saturated rings. The molecule has 0 N–H and O–H groups in total. The highest BCUT2D eigenvalue weighted by Crippen LogP contribution is 2.50. The highest BCUT2D eigenvalue weighted by Gasteiger charge is 2.53. The third-order valence-electron chi connectivity index (χ3n) is 4.38. The summed E-state index contributed by atoms with van der Waals surface area (Å²) in [6, 6.07) is 2.17. The molecule has 0 radical (unpaired) electrons. The molecule has 18 heavy (non-hydrogen) atoms. The molecule has 2 aliphatic heterocycles. The first-order valence-electron chi connectivity index (χ1n) is 6.20. The summed E-state index contributed by atoms with van der Waals surface area (Å²) in [5, 5.41) is 0.459. The van der Waals surface area contributed by atoms with Crippen molar-refractivity contribution in [3.63, 3.8) is 0 Å². The number of carbonyl (C=O) groups excluding carboxylic acids is 1. The maximum absolute atomic E-state index is 12.3. The number of amides is 1. The first kappa shape index (κ1) is 10.8. The molecule has 4 rings (SSSR count). The number of hydrogen-bond acceptors (Lipinski definition) is 3. The molecule has 1 aromatic rings. The topological polar surface area (TPSA) is 42.4 Å². The van der Waals surface area contributed by atoms with Crippen LogP contribution in [0.4, 0.5) is 0 Å². The first-order valence-corrected chi connectivity index (χ1v) is 6.58. The summed E-state index contributed by atoms with van der Waals surface area (Å²) in [5.41, 5.74) is 2.10. The van der Waals surface area contributed by atoms with Gasteiger partial charge in [-0.05, 0) is 24.5 Å². The van der Waals surface area contributed by atoms with Crippen molar-refractivity contribution in [1.29, 1.82) is 0 Å². The van der Waals surface area contributed by atoms with E-state index in [1.165, 1.54) is 0 Å². The molecular weight excluding hydrogens is 252 g/mol. The van der Waals surface area contributed by atoms with E-state index >= 15 is 0 Å². The van der Waals surface area contributed by atoms with Crippen LogP contribution in [0.2, 0.25) is 5.15 Å². The number of rotatable bonds is 1. The molecule has 1 spiro atoms. The van der Waals surface area contributed by atoms with Gasteiger partial charge < -0.3 is 9.64 Å². The minimum Gasteiger partial charge on any atom is -0.380 e. The summed E-state index contributed by atoms with van der Waals surface area (Å²) in [6.45, 7) is 2.41. The van der Waals surface area contributed by atoms with Crippen molar-refractivity contribution in [2.45, 2.75) is 25.4 Å². The van der Waals surface area contributed by atoms with Crippen LogP contribution in [0.3, 0.4) is 0 Å². The second-order valence-electron chi connectivity index (χ2n) is 5.65. The Balaban J connectivity index is 1.54. The molecule has 1 amide bonds. The van der Waals surface area contributed by atoms with Gasteiger partial charge in [-0.1, -0.05) is 11.6 Å². The minimum atomic E-state index is 0.106. The largest absolute Gasteiger partial charge is 0.380 e. The molecule has 0 bridgehead atoms. The van der Waals surface area contributed by atoms with Gasteiger partial charge >= 0.3 is 0 Å². The van der Waals surface area contributed by atoms with Gasteiger partial charge in [-0.15, -0.1) is 0 Å². The monoisotopic (exact) mass is 264 g/mol. The van der Waals surface area contributed by atoms with Gasteiger partial charge in [0.15, 0.2) is 0 Å². The number of carbonyl (C=O) groups is 1. The summed E-state index contributed by atoms with van der Waals surface area (Å²) in [4.78, 5) is 18.2. The number of halogens is 1. The second-order valence-corrected chi connectivity index (χ2v) is 6.04. The highest BCUT2D eigenvalue weighted by molar-refractivity contribution is 6.29. The lowest BCUT2D eigenvalue weighted by molar-refractivity contribution is -0.179. The average molecular weight is 265 g/mol. The number of hydrogen-bond donors (Lipinski definition) is 0. The lowest BCUT2D eigenvalue weighted by atomic mass is 9.63. The third kappa shape index (κ3) is 1.36. The second kappa shape index (κ2) is 3.45. The van der Waals surface area contributed by atoms with Gasteiger partial charge in [-0.2, -0.15) is 0 Å². The number of ether oxygens (including phenoxy) is 1. The zero-order chi connectivity index (χ0) is 12.3. The summed E-state index contributed by atoms with van der Waals surface area (Å²) < 4.78 is 5.26. The quantitative estimate of drug-likeness (QED) is 0.728. The van der Waals surface area contributed by atoms with Gasteiger partial charge in [-0.25, -0.2) is 4.98 Å². The smallest absolute Gasteiger partial charge is 0.256 e. The van der Waals surface area contributed by atoms with Gasteiger partial charge in [0.05, 0.1) is 18.8 Å². The zero-order valence-electron chi connectivity index (χ0n) is 9.86. The lowest BCUT2D eigenvalue weighted by Gasteiger charge is -2.55. The van der Waals surface area contributed by atoms with E-state index in [2.05, 4.69) is 4.98 Å². The van der Waals surface area contributed by atoms with Crippen LogP contribution < -0.4 is 0 Å². The van der Waals surface area contributed by atoms with Gasteiger partial charge in [0, 0.05) is 24.2 Å². The summed E-state index contributed by atoms with van der Waals surface area (Å²) in [6.07, 6.45) is 3.75. The van der Waals surface area contributed by atoms with Gasteiger partial charge in [0.2, 0.25) is 0 Å². The Morgan fingerprint density at radius 2 is 2.22 bits per heavy atom. The van der Waals surface area contributed by atoms with Crippen LogP contribution >= 0.6 is 11.6 Å². The van der Waals surface area contributed by atoms with E-state index in [0.717, 1.165) is 31.6 Å². The van der Waals surface area contributed by atoms with E-state index < -0.39 is 0 Å². The Kier molecular flexibility index (Phi) is 2.07. The predicted molar refractivity (Wildman–Crippen MR) is 65.4 cm³/mol. The Hall–Kier alpha value is -1.13. The van der Waals surface area contributed by atoms with E-state index in [4.69, 9.17) is 16.3 Å². The molecule has 1 aliphatic carbocycles. The molecule has 3 aliphatic rings. The number of nitrogens with zero attached hydrogens (tertiary/aromatic N) is 2. The predicted octanol–water partition coefficient (Wildman–Crippen LogP) is 1.87. The van der Waals surface area contributed by atoms with E-state index in [9.17, 15) is 4.79 Å². The molecule has 0 unspecified atom stereocenters. The van der Waals surface area contributed by atoms with Crippen LogP contribution in [-0.4, -0.2) is 35.0 Å². The Labute approximate surface area is 110 Å². The minimum absolute atomic E-state index is 0.106. The molecule has 1 aromatic heterocycles. The van der Waals surface area contributed by atoms with Crippen LogP contribution in [0.25, 0.3) is 0 Å².